The van der Waals surface area contributed by atoms with Crippen molar-refractivity contribution >= 4 is 53.2 Å². The third-order valence-electron chi connectivity index (χ3n) is 11.1. The molecule has 0 spiro atoms. The summed E-state index contributed by atoms with van der Waals surface area (Å²) in [5, 5.41) is 10.8. The monoisotopic (exact) mass is 815 g/mol. The number of hydrogen-bond donors (Lipinski definition) is 5. The minimum Gasteiger partial charge on any atom is -0.489 e. The molecule has 58 heavy (non-hydrogen) atoms. The van der Waals surface area contributed by atoms with Gasteiger partial charge in [-0.05, 0) is 111 Å². The number of anilines is 4. The largest absolute Gasteiger partial charge is 0.489 e. The van der Waals surface area contributed by atoms with Crippen LogP contribution in [0.3, 0.4) is 0 Å². The van der Waals surface area contributed by atoms with E-state index in [2.05, 4.69) is 54.3 Å². The Bertz CT molecular complexity index is 2210. The lowest BCUT2D eigenvalue weighted by Crippen LogP contribution is -2.51. The molecule has 0 radical (unpaired) electrons. The van der Waals surface area contributed by atoms with Crippen LogP contribution < -0.4 is 26.0 Å². The molecular formula is C43H48F3N7O4S. The molecule has 0 bridgehead atoms. The number of benzene rings is 3. The molecule has 306 valence electrons. The van der Waals surface area contributed by atoms with E-state index in [1.54, 1.807) is 18.2 Å². The summed E-state index contributed by atoms with van der Waals surface area (Å²) in [6.07, 6.45) is -1.44. The van der Waals surface area contributed by atoms with E-state index in [-0.39, 0.29) is 52.0 Å². The number of thiol groups is 1. The number of likely N-dealkylation sites (tertiary alicyclic amines) is 1. The summed E-state index contributed by atoms with van der Waals surface area (Å²) >= 11 is 4.90. The molecule has 0 saturated carbocycles. The first-order valence-electron chi connectivity index (χ1n) is 19.5. The molecule has 1 aromatic heterocycles. The maximum absolute atomic E-state index is 14.2. The molecule has 2 unspecified atom stereocenters. The number of alkyl halides is 3. The molecule has 4 aromatic rings. The number of para-hydroxylation sites is 1. The van der Waals surface area contributed by atoms with Crippen LogP contribution in [0.1, 0.15) is 94.6 Å². The van der Waals surface area contributed by atoms with Gasteiger partial charge in [0.2, 0.25) is 11.8 Å². The van der Waals surface area contributed by atoms with Crippen molar-refractivity contribution in [3.8, 4) is 5.75 Å². The van der Waals surface area contributed by atoms with Crippen LogP contribution in [0.4, 0.5) is 36.1 Å². The van der Waals surface area contributed by atoms with E-state index >= 15 is 0 Å². The number of aryl methyl sites for hydroxylation is 1. The number of carbonyl (C=O) groups excluding carboxylic acids is 3. The summed E-state index contributed by atoms with van der Waals surface area (Å²) in [5.41, 5.74) is 5.46. The average molecular weight is 816 g/mol. The SMILES string of the molecule is CNC(=O)c1ccccc1Nc1cc(Nc2cc(C)c(C3CCN(Cc4cccc5c4CN(C4CCC(=O)NC4=O)C5S)CC3)cc2OC(C)C)ncc1C(F)(F)F. The molecule has 3 aliphatic heterocycles. The number of halogens is 3. The third kappa shape index (κ3) is 8.81. The second-order valence-electron chi connectivity index (χ2n) is 15.4. The van der Waals surface area contributed by atoms with Crippen LogP contribution in [-0.4, -0.2) is 64.8 Å². The Morgan fingerprint density at radius 1 is 0.983 bits per heavy atom. The topological polar surface area (TPSA) is 128 Å². The van der Waals surface area contributed by atoms with Crippen molar-refractivity contribution in [2.75, 3.05) is 30.8 Å². The molecule has 3 aromatic carbocycles. The van der Waals surface area contributed by atoms with Gasteiger partial charge in [0.05, 0.1) is 45.7 Å². The van der Waals surface area contributed by atoms with Crippen molar-refractivity contribution in [3.63, 3.8) is 0 Å². The summed E-state index contributed by atoms with van der Waals surface area (Å²) in [5.74, 6) is 0.0809. The van der Waals surface area contributed by atoms with Gasteiger partial charge >= 0.3 is 6.18 Å². The third-order valence-corrected chi connectivity index (χ3v) is 11.7. The first-order valence-corrected chi connectivity index (χ1v) is 20.1. The standard InChI is InChI=1S/C43H48F3N7O4S/c1-24(2)57-37-19-30(25(3)18-35(37)50-38-20-34(32(21-48-38)43(44,45)46)49-33-11-6-5-9-29(33)40(55)47-4)26-14-16-52(17-15-26)22-27-8-7-10-28-31(27)23-53(42(28)58)36-12-13-39(54)51-41(36)56/h5-11,18-21,24,26,36,42,58H,12-17,22-23H2,1-4H3,(H,47,55)(H2,48,49,50)(H,51,54,56). The molecule has 11 nitrogen and oxygen atoms in total. The predicted molar refractivity (Wildman–Crippen MR) is 220 cm³/mol. The number of imide groups is 1. The van der Waals surface area contributed by atoms with Crippen LogP contribution in [0.15, 0.2) is 66.9 Å². The molecule has 2 saturated heterocycles. The van der Waals surface area contributed by atoms with Crippen molar-refractivity contribution in [1.82, 2.24) is 25.4 Å². The quantitative estimate of drug-likeness (QED) is 0.0757. The van der Waals surface area contributed by atoms with Crippen LogP contribution in [-0.2, 0) is 28.9 Å². The maximum atomic E-state index is 14.2. The van der Waals surface area contributed by atoms with Crippen molar-refractivity contribution in [2.24, 2.45) is 0 Å². The van der Waals surface area contributed by atoms with E-state index in [0.29, 0.717) is 30.8 Å². The lowest BCUT2D eigenvalue weighted by Gasteiger charge is -2.34. The van der Waals surface area contributed by atoms with Crippen LogP contribution in [0.5, 0.6) is 5.75 Å². The fourth-order valence-electron chi connectivity index (χ4n) is 8.26. The van der Waals surface area contributed by atoms with Crippen LogP contribution in [0, 0.1) is 6.92 Å². The van der Waals surface area contributed by atoms with Crippen LogP contribution in [0.25, 0.3) is 0 Å². The van der Waals surface area contributed by atoms with Crippen molar-refractivity contribution in [2.45, 2.75) is 89.2 Å². The Balaban J connectivity index is 1.07. The molecule has 2 atom stereocenters. The number of ether oxygens (including phenoxy) is 1. The Morgan fingerprint density at radius 2 is 1.74 bits per heavy atom. The lowest BCUT2D eigenvalue weighted by molar-refractivity contribution is -0.138. The van der Waals surface area contributed by atoms with Gasteiger partial charge in [-0.1, -0.05) is 30.3 Å². The maximum Gasteiger partial charge on any atom is 0.419 e. The second kappa shape index (κ2) is 17.0. The fourth-order valence-corrected chi connectivity index (χ4v) is 8.75. The van der Waals surface area contributed by atoms with Gasteiger partial charge in [-0.3, -0.25) is 29.5 Å². The lowest BCUT2D eigenvalue weighted by atomic mass is 9.86. The average Bonchev–Trinajstić information content (AvgIpc) is 3.52. The number of piperidine rings is 2. The number of aromatic nitrogens is 1. The highest BCUT2D eigenvalue weighted by Crippen LogP contribution is 2.43. The summed E-state index contributed by atoms with van der Waals surface area (Å²) in [6.45, 7) is 9.01. The first kappa shape index (κ1) is 41.1. The van der Waals surface area contributed by atoms with Gasteiger partial charge in [0, 0.05) is 38.8 Å². The van der Waals surface area contributed by atoms with Crippen molar-refractivity contribution < 1.29 is 32.3 Å². The predicted octanol–water partition coefficient (Wildman–Crippen LogP) is 7.97. The minimum absolute atomic E-state index is 0.166. The molecule has 4 N–H and O–H groups in total. The highest BCUT2D eigenvalue weighted by atomic mass is 32.1. The zero-order valence-corrected chi connectivity index (χ0v) is 33.8. The highest BCUT2D eigenvalue weighted by molar-refractivity contribution is 7.80. The van der Waals surface area contributed by atoms with Crippen LogP contribution in [0.2, 0.25) is 0 Å². The highest BCUT2D eigenvalue weighted by Gasteiger charge is 2.40. The second-order valence-corrected chi connectivity index (χ2v) is 15.9. The molecule has 0 aliphatic carbocycles. The summed E-state index contributed by atoms with van der Waals surface area (Å²) in [4.78, 5) is 45.6. The van der Waals surface area contributed by atoms with Crippen LogP contribution >= 0.6 is 12.6 Å². The molecule has 2 fully saturated rings. The summed E-state index contributed by atoms with van der Waals surface area (Å²) in [6, 6.07) is 17.5. The molecule has 7 rings (SSSR count). The van der Waals surface area contributed by atoms with Gasteiger partial charge in [0.1, 0.15) is 11.6 Å². The molecule has 3 amide bonds. The van der Waals surface area contributed by atoms with E-state index in [9.17, 15) is 27.6 Å². The van der Waals surface area contributed by atoms with E-state index in [1.807, 2.05) is 32.9 Å². The number of pyridine rings is 1. The number of fused-ring (bicyclic) bond motifs is 1. The number of carbonyl (C=O) groups is 3. The normalized spacial score (nSPS) is 19.2. The van der Waals surface area contributed by atoms with Crippen molar-refractivity contribution in [3.05, 3.63) is 106 Å². The number of nitrogens with one attached hydrogen (secondary N) is 4. The first-order chi connectivity index (χ1) is 27.7. The molecular weight excluding hydrogens is 768 g/mol. The smallest absolute Gasteiger partial charge is 0.419 e. The minimum atomic E-state index is -4.70. The van der Waals surface area contributed by atoms with Gasteiger partial charge in [0.15, 0.2) is 0 Å². The number of rotatable bonds is 11. The van der Waals surface area contributed by atoms with Gasteiger partial charge in [0.25, 0.3) is 5.91 Å². The molecule has 3 aliphatic rings. The number of amides is 3. The summed E-state index contributed by atoms with van der Waals surface area (Å²) in [7, 11) is 1.46. The Morgan fingerprint density at radius 3 is 2.45 bits per heavy atom. The molecule has 4 heterocycles. The summed E-state index contributed by atoms with van der Waals surface area (Å²) < 4.78 is 48.9. The zero-order valence-electron chi connectivity index (χ0n) is 32.9. The Kier molecular flexibility index (Phi) is 12.0. The number of nitrogens with zero attached hydrogens (tertiary/aromatic N) is 3. The fraction of sp³-hybridized carbons (Fsp3) is 0.395. The van der Waals surface area contributed by atoms with Gasteiger partial charge in [-0.25, -0.2) is 4.98 Å². The zero-order chi connectivity index (χ0) is 41.3. The molecule has 15 heteroatoms. The van der Waals surface area contributed by atoms with Gasteiger partial charge in [-0.15, -0.1) is 0 Å². The van der Waals surface area contributed by atoms with Gasteiger partial charge in [-0.2, -0.15) is 25.8 Å². The van der Waals surface area contributed by atoms with E-state index < -0.39 is 23.7 Å². The Hall–Kier alpha value is -5.12. The van der Waals surface area contributed by atoms with Gasteiger partial charge < -0.3 is 20.7 Å². The number of hydrogen-bond acceptors (Lipinski definition) is 10. The van der Waals surface area contributed by atoms with E-state index in [0.717, 1.165) is 55.4 Å². The van der Waals surface area contributed by atoms with Crippen molar-refractivity contribution in [1.29, 1.82) is 0 Å². The van der Waals surface area contributed by atoms with E-state index in [1.165, 1.54) is 30.3 Å². The Labute approximate surface area is 341 Å². The van der Waals surface area contributed by atoms with E-state index in [4.69, 9.17) is 17.4 Å².